The van der Waals surface area contributed by atoms with Gasteiger partial charge in [-0.25, -0.2) is 8.42 Å². The second-order valence-electron chi connectivity index (χ2n) is 7.09. The highest BCUT2D eigenvalue weighted by Gasteiger charge is 2.23. The number of nitrogens with zero attached hydrogens (tertiary/aromatic N) is 1. The molecule has 0 saturated heterocycles. The summed E-state index contributed by atoms with van der Waals surface area (Å²) in [5.41, 5.74) is 3.86. The van der Waals surface area contributed by atoms with Gasteiger partial charge in [0.2, 0.25) is 0 Å². The summed E-state index contributed by atoms with van der Waals surface area (Å²) in [6.45, 7) is 6.02. The van der Waals surface area contributed by atoms with Crippen LogP contribution in [0.1, 0.15) is 28.4 Å². The lowest BCUT2D eigenvalue weighted by molar-refractivity contribution is 0.102. The van der Waals surface area contributed by atoms with E-state index in [0.717, 1.165) is 21.7 Å². The van der Waals surface area contributed by atoms with Crippen LogP contribution in [0.4, 0.5) is 11.4 Å². The van der Waals surface area contributed by atoms with Gasteiger partial charge < -0.3 is 5.32 Å². The molecule has 0 radical (unpaired) electrons. The molecule has 0 aromatic heterocycles. The largest absolute Gasteiger partial charge is 0.322 e. The summed E-state index contributed by atoms with van der Waals surface area (Å²) in [5.74, 6) is -0.237. The average Bonchev–Trinajstić information content (AvgIpc) is 2.77. The number of sulfonamides is 1. The summed E-state index contributed by atoms with van der Waals surface area (Å²) in [5, 5.41) is 2.92. The van der Waals surface area contributed by atoms with Crippen molar-refractivity contribution in [1.29, 1.82) is 0 Å². The molecule has 3 aromatic rings. The molecule has 7 heteroatoms. The minimum Gasteiger partial charge on any atom is -0.322 e. The highest BCUT2D eigenvalue weighted by molar-refractivity contribution is 7.98. The van der Waals surface area contributed by atoms with Gasteiger partial charge in [-0.2, -0.15) is 0 Å². The third-order valence-electron chi connectivity index (χ3n) is 5.20. The van der Waals surface area contributed by atoms with Crippen molar-refractivity contribution < 1.29 is 13.2 Å². The van der Waals surface area contributed by atoms with Crippen molar-refractivity contribution in [3.8, 4) is 0 Å². The predicted octanol–water partition coefficient (Wildman–Crippen LogP) is 5.49. The van der Waals surface area contributed by atoms with E-state index in [4.69, 9.17) is 0 Å². The molecular weight excluding hydrogens is 428 g/mol. The minimum absolute atomic E-state index is 0.237. The molecule has 0 fully saturated rings. The molecule has 0 heterocycles. The predicted molar refractivity (Wildman–Crippen MR) is 129 cm³/mol. The van der Waals surface area contributed by atoms with Gasteiger partial charge in [0, 0.05) is 22.7 Å². The maximum Gasteiger partial charge on any atom is 0.264 e. The van der Waals surface area contributed by atoms with E-state index in [0.29, 0.717) is 11.3 Å². The van der Waals surface area contributed by atoms with Crippen LogP contribution in [0.15, 0.2) is 76.5 Å². The third-order valence-corrected chi connectivity index (χ3v) is 7.87. The number of anilines is 2. The first kappa shape index (κ1) is 22.9. The van der Waals surface area contributed by atoms with Crippen LogP contribution in [-0.2, 0) is 10.0 Å². The zero-order chi connectivity index (χ0) is 22.6. The topological polar surface area (TPSA) is 66.5 Å². The Morgan fingerprint density at radius 3 is 2.19 bits per heavy atom. The van der Waals surface area contributed by atoms with Crippen molar-refractivity contribution in [3.05, 3.63) is 83.4 Å². The van der Waals surface area contributed by atoms with Crippen LogP contribution in [0.3, 0.4) is 0 Å². The Morgan fingerprint density at radius 2 is 1.61 bits per heavy atom. The first-order valence-corrected chi connectivity index (χ1v) is 12.6. The van der Waals surface area contributed by atoms with Gasteiger partial charge in [-0.1, -0.05) is 12.1 Å². The quantitative estimate of drug-likeness (QED) is 0.479. The molecular formula is C24H26N2O3S2. The van der Waals surface area contributed by atoms with Crippen molar-refractivity contribution in [2.75, 3.05) is 22.4 Å². The van der Waals surface area contributed by atoms with Gasteiger partial charge in [-0.3, -0.25) is 9.10 Å². The standard InChI is InChI=1S/C24H26N2O3S2/c1-5-26(31(28,29)22-15-13-21(30-4)14-16-22)20-11-9-19(10-12-20)24(27)25-23-8-6-7-17(2)18(23)3/h6-16H,5H2,1-4H3,(H,25,27). The number of nitrogens with one attached hydrogen (secondary N) is 1. The molecule has 0 aliphatic carbocycles. The second-order valence-corrected chi connectivity index (χ2v) is 9.84. The fourth-order valence-corrected chi connectivity index (χ4v) is 5.11. The highest BCUT2D eigenvalue weighted by atomic mass is 32.2. The van der Waals surface area contributed by atoms with Gasteiger partial charge in [0.25, 0.3) is 15.9 Å². The van der Waals surface area contributed by atoms with Crippen molar-refractivity contribution >= 4 is 39.1 Å². The van der Waals surface area contributed by atoms with Crippen LogP contribution in [0, 0.1) is 13.8 Å². The van der Waals surface area contributed by atoms with Crippen LogP contribution in [0.25, 0.3) is 0 Å². The second kappa shape index (κ2) is 9.58. The molecule has 1 amide bonds. The Hall–Kier alpha value is -2.77. The molecule has 31 heavy (non-hydrogen) atoms. The van der Waals surface area contributed by atoms with E-state index in [1.54, 1.807) is 67.2 Å². The van der Waals surface area contributed by atoms with E-state index in [9.17, 15) is 13.2 Å². The lowest BCUT2D eigenvalue weighted by atomic mass is 10.1. The fraction of sp³-hybridized carbons (Fsp3) is 0.208. The lowest BCUT2D eigenvalue weighted by Gasteiger charge is -2.23. The van der Waals surface area contributed by atoms with Crippen molar-refractivity contribution in [2.24, 2.45) is 0 Å². The fourth-order valence-electron chi connectivity index (χ4n) is 3.23. The molecule has 0 saturated carbocycles. The maximum atomic E-state index is 13.1. The average molecular weight is 455 g/mol. The molecule has 0 aliphatic rings. The lowest BCUT2D eigenvalue weighted by Crippen LogP contribution is -2.30. The number of amides is 1. The van der Waals surface area contributed by atoms with E-state index < -0.39 is 10.0 Å². The molecule has 5 nitrogen and oxygen atoms in total. The molecule has 1 N–H and O–H groups in total. The van der Waals surface area contributed by atoms with Crippen molar-refractivity contribution in [3.63, 3.8) is 0 Å². The van der Waals surface area contributed by atoms with Crippen LogP contribution in [0.5, 0.6) is 0 Å². The smallest absolute Gasteiger partial charge is 0.264 e. The Bertz CT molecular complexity index is 1170. The Labute approximate surface area is 188 Å². The molecule has 0 spiro atoms. The van der Waals surface area contributed by atoms with Gasteiger partial charge in [-0.15, -0.1) is 11.8 Å². The summed E-state index contributed by atoms with van der Waals surface area (Å²) in [7, 11) is -3.70. The number of hydrogen-bond donors (Lipinski definition) is 1. The SMILES string of the molecule is CCN(c1ccc(C(=O)Nc2cccc(C)c2C)cc1)S(=O)(=O)c1ccc(SC)cc1. The Morgan fingerprint density at radius 1 is 0.968 bits per heavy atom. The monoisotopic (exact) mass is 454 g/mol. The molecule has 3 aromatic carbocycles. The Balaban J connectivity index is 1.82. The molecule has 3 rings (SSSR count). The summed E-state index contributed by atoms with van der Waals surface area (Å²) < 4.78 is 27.6. The van der Waals surface area contributed by atoms with Crippen LogP contribution < -0.4 is 9.62 Å². The number of carbonyl (C=O) groups is 1. The highest BCUT2D eigenvalue weighted by Crippen LogP contribution is 2.26. The van der Waals surface area contributed by atoms with Gasteiger partial charge in [-0.05, 0) is 92.8 Å². The first-order valence-electron chi connectivity index (χ1n) is 9.92. The van der Waals surface area contributed by atoms with E-state index in [1.807, 2.05) is 38.3 Å². The minimum atomic E-state index is -3.70. The van der Waals surface area contributed by atoms with Gasteiger partial charge in [0.1, 0.15) is 0 Å². The van der Waals surface area contributed by atoms with Crippen molar-refractivity contribution in [1.82, 2.24) is 0 Å². The number of thioether (sulfide) groups is 1. The van der Waals surface area contributed by atoms with Gasteiger partial charge in [0.15, 0.2) is 0 Å². The number of benzene rings is 3. The van der Waals surface area contributed by atoms with E-state index in [2.05, 4.69) is 5.32 Å². The number of carbonyl (C=O) groups excluding carboxylic acids is 1. The van der Waals surface area contributed by atoms with E-state index >= 15 is 0 Å². The normalized spacial score (nSPS) is 11.2. The third kappa shape index (κ3) is 4.94. The zero-order valence-corrected chi connectivity index (χ0v) is 19.7. The molecule has 162 valence electrons. The summed E-state index contributed by atoms with van der Waals surface area (Å²) >= 11 is 1.56. The molecule has 0 unspecified atom stereocenters. The Kier molecular flexibility index (Phi) is 7.08. The molecule has 0 atom stereocenters. The first-order chi connectivity index (χ1) is 14.8. The van der Waals surface area contributed by atoms with Crippen LogP contribution in [-0.4, -0.2) is 27.1 Å². The number of hydrogen-bond acceptors (Lipinski definition) is 4. The van der Waals surface area contributed by atoms with E-state index in [1.165, 1.54) is 4.31 Å². The van der Waals surface area contributed by atoms with Gasteiger partial charge >= 0.3 is 0 Å². The number of aryl methyl sites for hydroxylation is 1. The summed E-state index contributed by atoms with van der Waals surface area (Å²) in [6.07, 6.45) is 1.94. The van der Waals surface area contributed by atoms with Gasteiger partial charge in [0.05, 0.1) is 10.6 Å². The van der Waals surface area contributed by atoms with Crippen LogP contribution >= 0.6 is 11.8 Å². The van der Waals surface area contributed by atoms with E-state index in [-0.39, 0.29) is 17.3 Å². The zero-order valence-electron chi connectivity index (χ0n) is 18.0. The van der Waals surface area contributed by atoms with Crippen molar-refractivity contribution in [2.45, 2.75) is 30.6 Å². The number of rotatable bonds is 7. The molecule has 0 bridgehead atoms. The summed E-state index contributed by atoms with van der Waals surface area (Å²) in [6, 6.07) is 19.2. The maximum absolute atomic E-state index is 13.1. The summed E-state index contributed by atoms with van der Waals surface area (Å²) in [4.78, 5) is 13.9. The molecule has 0 aliphatic heterocycles. The van der Waals surface area contributed by atoms with Crippen LogP contribution in [0.2, 0.25) is 0 Å².